The lowest BCUT2D eigenvalue weighted by molar-refractivity contribution is -0.119. The Labute approximate surface area is 98.3 Å². The molecule has 4 nitrogen and oxygen atoms in total. The van der Waals surface area contributed by atoms with E-state index >= 15 is 0 Å². The number of nitrogens with zero attached hydrogens (tertiary/aromatic N) is 1. The maximum atomic E-state index is 10.8. The first-order valence-electron chi connectivity index (χ1n) is 6.26. The smallest absolute Gasteiger partial charge is 0.234 e. The molecule has 94 valence electrons. The molecule has 4 heteroatoms. The van der Waals surface area contributed by atoms with E-state index < -0.39 is 11.9 Å². The Kier molecular flexibility index (Phi) is 5.22. The minimum absolute atomic E-state index is 0.398. The highest BCUT2D eigenvalue weighted by atomic mass is 16.1. The lowest BCUT2D eigenvalue weighted by Crippen LogP contribution is -2.42. The molecule has 1 aliphatic carbocycles. The van der Waals surface area contributed by atoms with Crippen LogP contribution in [0.2, 0.25) is 0 Å². The van der Waals surface area contributed by atoms with Gasteiger partial charge in [-0.1, -0.05) is 19.8 Å². The van der Waals surface area contributed by atoms with E-state index in [1.807, 2.05) is 0 Å². The fourth-order valence-corrected chi connectivity index (χ4v) is 2.47. The van der Waals surface area contributed by atoms with E-state index in [0.29, 0.717) is 12.5 Å². The van der Waals surface area contributed by atoms with Crippen LogP contribution in [0.3, 0.4) is 0 Å². The average molecular weight is 227 g/mol. The maximum absolute atomic E-state index is 10.8. The van der Waals surface area contributed by atoms with Crippen molar-refractivity contribution in [1.82, 2.24) is 4.90 Å². The number of carbonyl (C=O) groups is 1. The van der Waals surface area contributed by atoms with Crippen LogP contribution in [0.5, 0.6) is 0 Å². The van der Waals surface area contributed by atoms with E-state index in [4.69, 9.17) is 11.5 Å². The van der Waals surface area contributed by atoms with E-state index in [1.54, 1.807) is 0 Å². The Morgan fingerprint density at radius 2 is 2.19 bits per heavy atom. The molecule has 3 atom stereocenters. The van der Waals surface area contributed by atoms with Gasteiger partial charge in [0.2, 0.25) is 5.91 Å². The standard InChI is InChI=1S/C12H25N3O/c1-9-4-3-5-10(8-9)15(2)7-6-11(13)12(14)16/h9-11H,3-8,13H2,1-2H3,(H2,14,16). The Morgan fingerprint density at radius 1 is 1.50 bits per heavy atom. The van der Waals surface area contributed by atoms with Crippen LogP contribution in [0.15, 0.2) is 0 Å². The number of nitrogens with two attached hydrogens (primary N) is 2. The summed E-state index contributed by atoms with van der Waals surface area (Å²) in [5, 5.41) is 0. The monoisotopic (exact) mass is 227 g/mol. The molecule has 0 bridgehead atoms. The van der Waals surface area contributed by atoms with Gasteiger partial charge in [0.15, 0.2) is 0 Å². The summed E-state index contributed by atoms with van der Waals surface area (Å²) in [6.45, 7) is 3.18. The second kappa shape index (κ2) is 6.21. The van der Waals surface area contributed by atoms with Crippen molar-refractivity contribution in [2.75, 3.05) is 13.6 Å². The van der Waals surface area contributed by atoms with Crippen LogP contribution in [-0.4, -0.2) is 36.5 Å². The average Bonchev–Trinajstić information content (AvgIpc) is 2.25. The first-order valence-corrected chi connectivity index (χ1v) is 6.26. The van der Waals surface area contributed by atoms with Crippen LogP contribution in [-0.2, 0) is 4.79 Å². The highest BCUT2D eigenvalue weighted by molar-refractivity contribution is 5.79. The number of rotatable bonds is 5. The Hall–Kier alpha value is -0.610. The summed E-state index contributed by atoms with van der Waals surface area (Å²) in [6.07, 6.45) is 5.87. The van der Waals surface area contributed by atoms with Crippen molar-refractivity contribution in [2.24, 2.45) is 17.4 Å². The van der Waals surface area contributed by atoms with Crippen molar-refractivity contribution < 1.29 is 4.79 Å². The second-order valence-electron chi connectivity index (χ2n) is 5.20. The summed E-state index contributed by atoms with van der Waals surface area (Å²) in [4.78, 5) is 13.2. The van der Waals surface area contributed by atoms with Crippen LogP contribution in [0.1, 0.15) is 39.0 Å². The molecular formula is C12H25N3O. The number of carbonyl (C=O) groups excluding carboxylic acids is 1. The minimum atomic E-state index is -0.497. The zero-order valence-electron chi connectivity index (χ0n) is 10.5. The van der Waals surface area contributed by atoms with Crippen LogP contribution in [0, 0.1) is 5.92 Å². The Balaban J connectivity index is 2.28. The van der Waals surface area contributed by atoms with E-state index in [9.17, 15) is 4.79 Å². The maximum Gasteiger partial charge on any atom is 0.234 e. The molecule has 0 aliphatic heterocycles. The van der Waals surface area contributed by atoms with Crippen LogP contribution in [0.4, 0.5) is 0 Å². The van der Waals surface area contributed by atoms with Crippen molar-refractivity contribution in [1.29, 1.82) is 0 Å². The molecule has 1 saturated carbocycles. The van der Waals surface area contributed by atoms with Crippen LogP contribution in [0.25, 0.3) is 0 Å². The molecule has 0 heterocycles. The first-order chi connectivity index (χ1) is 7.50. The molecule has 1 amide bonds. The normalized spacial score (nSPS) is 28.0. The summed E-state index contributed by atoms with van der Waals surface area (Å²) in [6, 6.07) is 0.160. The molecule has 1 fully saturated rings. The Morgan fingerprint density at radius 3 is 2.75 bits per heavy atom. The van der Waals surface area contributed by atoms with Crippen LogP contribution < -0.4 is 11.5 Å². The topological polar surface area (TPSA) is 72.3 Å². The van der Waals surface area contributed by atoms with Gasteiger partial charge in [-0.3, -0.25) is 4.79 Å². The zero-order chi connectivity index (χ0) is 12.1. The van der Waals surface area contributed by atoms with Crippen LogP contribution >= 0.6 is 0 Å². The quantitative estimate of drug-likeness (QED) is 0.726. The second-order valence-corrected chi connectivity index (χ2v) is 5.20. The molecule has 1 aliphatic rings. The molecule has 0 spiro atoms. The summed E-state index contributed by atoms with van der Waals surface area (Å²) in [5.74, 6) is 0.427. The van der Waals surface area contributed by atoms with Gasteiger partial charge < -0.3 is 16.4 Å². The Bertz CT molecular complexity index is 232. The van der Waals surface area contributed by atoms with E-state index in [0.717, 1.165) is 12.5 Å². The molecular weight excluding hydrogens is 202 g/mol. The highest BCUT2D eigenvalue weighted by Crippen LogP contribution is 2.26. The molecule has 16 heavy (non-hydrogen) atoms. The number of hydrogen-bond acceptors (Lipinski definition) is 3. The summed E-state index contributed by atoms with van der Waals surface area (Å²) in [5.41, 5.74) is 10.8. The van der Waals surface area contributed by atoms with Gasteiger partial charge >= 0.3 is 0 Å². The van der Waals surface area contributed by atoms with Gasteiger partial charge in [0, 0.05) is 12.6 Å². The van der Waals surface area contributed by atoms with Crippen molar-refractivity contribution >= 4 is 5.91 Å². The number of hydrogen-bond donors (Lipinski definition) is 2. The molecule has 0 radical (unpaired) electrons. The third kappa shape index (κ3) is 4.10. The highest BCUT2D eigenvalue weighted by Gasteiger charge is 2.22. The van der Waals surface area contributed by atoms with E-state index in [1.165, 1.54) is 25.7 Å². The van der Waals surface area contributed by atoms with Gasteiger partial charge in [0.1, 0.15) is 0 Å². The molecule has 3 unspecified atom stereocenters. The zero-order valence-corrected chi connectivity index (χ0v) is 10.5. The fraction of sp³-hybridized carbons (Fsp3) is 0.917. The van der Waals surface area contributed by atoms with Gasteiger partial charge in [0.25, 0.3) is 0 Å². The third-order valence-corrected chi connectivity index (χ3v) is 3.69. The molecule has 0 aromatic heterocycles. The fourth-order valence-electron chi connectivity index (χ4n) is 2.47. The van der Waals surface area contributed by atoms with Gasteiger partial charge in [-0.05, 0) is 32.2 Å². The largest absolute Gasteiger partial charge is 0.368 e. The molecule has 1 rings (SSSR count). The number of amides is 1. The predicted octanol–water partition coefficient (Wildman–Crippen LogP) is 0.700. The predicted molar refractivity (Wildman–Crippen MR) is 65.8 cm³/mol. The van der Waals surface area contributed by atoms with Gasteiger partial charge in [0.05, 0.1) is 6.04 Å². The summed E-state index contributed by atoms with van der Waals surface area (Å²) < 4.78 is 0. The van der Waals surface area contributed by atoms with Crippen molar-refractivity contribution in [3.8, 4) is 0 Å². The lowest BCUT2D eigenvalue weighted by atomic mass is 9.86. The van der Waals surface area contributed by atoms with E-state index in [2.05, 4.69) is 18.9 Å². The van der Waals surface area contributed by atoms with Crippen molar-refractivity contribution in [2.45, 2.75) is 51.1 Å². The van der Waals surface area contributed by atoms with Gasteiger partial charge in [-0.2, -0.15) is 0 Å². The molecule has 0 aromatic rings. The molecule has 0 aromatic carbocycles. The van der Waals surface area contributed by atoms with E-state index in [-0.39, 0.29) is 0 Å². The summed E-state index contributed by atoms with van der Waals surface area (Å²) >= 11 is 0. The van der Waals surface area contributed by atoms with Crippen molar-refractivity contribution in [3.63, 3.8) is 0 Å². The minimum Gasteiger partial charge on any atom is -0.368 e. The van der Waals surface area contributed by atoms with Gasteiger partial charge in [-0.25, -0.2) is 0 Å². The molecule has 4 N–H and O–H groups in total. The van der Waals surface area contributed by atoms with Gasteiger partial charge in [-0.15, -0.1) is 0 Å². The van der Waals surface area contributed by atoms with Crippen molar-refractivity contribution in [3.05, 3.63) is 0 Å². The lowest BCUT2D eigenvalue weighted by Gasteiger charge is -2.34. The third-order valence-electron chi connectivity index (χ3n) is 3.69. The number of primary amides is 1. The summed E-state index contributed by atoms with van der Waals surface area (Å²) in [7, 11) is 2.12. The molecule has 0 saturated heterocycles. The first kappa shape index (κ1) is 13.5. The SMILES string of the molecule is CC1CCCC(N(C)CCC(N)C(N)=O)C1.